The molecule has 0 bridgehead atoms. The summed E-state index contributed by atoms with van der Waals surface area (Å²) in [5.74, 6) is -0.0965. The lowest BCUT2D eigenvalue weighted by molar-refractivity contribution is -0.135. The SMILES string of the molecule is COc1ccc2ccccc2c1CNCC(=O)O. The average molecular weight is 245 g/mol. The van der Waals surface area contributed by atoms with Gasteiger partial charge in [0.2, 0.25) is 0 Å². The summed E-state index contributed by atoms with van der Waals surface area (Å²) < 4.78 is 5.32. The highest BCUT2D eigenvalue weighted by molar-refractivity contribution is 5.87. The van der Waals surface area contributed by atoms with Crippen LogP contribution in [-0.2, 0) is 11.3 Å². The van der Waals surface area contributed by atoms with Gasteiger partial charge in [-0.2, -0.15) is 0 Å². The smallest absolute Gasteiger partial charge is 0.317 e. The van der Waals surface area contributed by atoms with Crippen LogP contribution < -0.4 is 10.1 Å². The minimum absolute atomic E-state index is 0.0631. The van der Waals surface area contributed by atoms with Crippen LogP contribution in [0.3, 0.4) is 0 Å². The van der Waals surface area contributed by atoms with Crippen molar-refractivity contribution in [3.63, 3.8) is 0 Å². The first-order valence-corrected chi connectivity index (χ1v) is 5.69. The van der Waals surface area contributed by atoms with Gasteiger partial charge in [0.05, 0.1) is 13.7 Å². The molecular weight excluding hydrogens is 230 g/mol. The van der Waals surface area contributed by atoms with Crippen molar-refractivity contribution >= 4 is 16.7 Å². The largest absolute Gasteiger partial charge is 0.496 e. The fraction of sp³-hybridized carbons (Fsp3) is 0.214. The molecule has 0 radical (unpaired) electrons. The third-order valence-electron chi connectivity index (χ3n) is 2.80. The van der Waals surface area contributed by atoms with Crippen molar-refractivity contribution in [3.05, 3.63) is 42.0 Å². The molecule has 0 saturated carbocycles. The summed E-state index contributed by atoms with van der Waals surface area (Å²) in [5, 5.41) is 13.7. The van der Waals surface area contributed by atoms with E-state index in [-0.39, 0.29) is 6.54 Å². The van der Waals surface area contributed by atoms with E-state index in [9.17, 15) is 4.79 Å². The monoisotopic (exact) mass is 245 g/mol. The third kappa shape index (κ3) is 2.60. The summed E-state index contributed by atoms with van der Waals surface area (Å²) in [6, 6.07) is 11.9. The van der Waals surface area contributed by atoms with Crippen LogP contribution in [0.15, 0.2) is 36.4 Å². The zero-order valence-electron chi connectivity index (χ0n) is 10.1. The number of ether oxygens (including phenoxy) is 1. The molecule has 0 aliphatic heterocycles. The van der Waals surface area contributed by atoms with E-state index in [1.165, 1.54) is 0 Å². The van der Waals surface area contributed by atoms with Crippen molar-refractivity contribution in [2.75, 3.05) is 13.7 Å². The van der Waals surface area contributed by atoms with Crippen LogP contribution >= 0.6 is 0 Å². The summed E-state index contributed by atoms with van der Waals surface area (Å²) in [6.07, 6.45) is 0. The van der Waals surface area contributed by atoms with Gasteiger partial charge in [-0.25, -0.2) is 0 Å². The van der Waals surface area contributed by atoms with Crippen molar-refractivity contribution < 1.29 is 14.6 Å². The first-order chi connectivity index (χ1) is 8.72. The number of nitrogens with one attached hydrogen (secondary N) is 1. The van der Waals surface area contributed by atoms with Crippen LogP contribution in [0.2, 0.25) is 0 Å². The molecule has 4 heteroatoms. The Morgan fingerprint density at radius 1 is 1.28 bits per heavy atom. The van der Waals surface area contributed by atoms with Gasteiger partial charge in [-0.3, -0.25) is 4.79 Å². The maximum atomic E-state index is 10.5. The fourth-order valence-electron chi connectivity index (χ4n) is 1.98. The molecule has 0 fully saturated rings. The molecule has 2 aromatic carbocycles. The molecule has 0 aliphatic rings. The fourth-order valence-corrected chi connectivity index (χ4v) is 1.98. The first-order valence-electron chi connectivity index (χ1n) is 5.69. The van der Waals surface area contributed by atoms with E-state index < -0.39 is 5.97 Å². The lowest BCUT2D eigenvalue weighted by atomic mass is 10.0. The topological polar surface area (TPSA) is 58.6 Å². The standard InChI is InChI=1S/C14H15NO3/c1-18-13-7-6-10-4-2-3-5-11(10)12(13)8-15-9-14(16)17/h2-7,15H,8-9H2,1H3,(H,16,17). The number of benzene rings is 2. The van der Waals surface area contributed by atoms with Crippen molar-refractivity contribution in [2.45, 2.75) is 6.54 Å². The Morgan fingerprint density at radius 3 is 2.78 bits per heavy atom. The average Bonchev–Trinajstić information content (AvgIpc) is 2.38. The number of methoxy groups -OCH3 is 1. The van der Waals surface area contributed by atoms with Crippen LogP contribution in [0.4, 0.5) is 0 Å². The van der Waals surface area contributed by atoms with Gasteiger partial charge < -0.3 is 15.2 Å². The van der Waals surface area contributed by atoms with E-state index in [1.54, 1.807) is 7.11 Å². The van der Waals surface area contributed by atoms with Gasteiger partial charge in [0.25, 0.3) is 0 Å². The molecule has 4 nitrogen and oxygen atoms in total. The highest BCUT2D eigenvalue weighted by Gasteiger charge is 2.08. The van der Waals surface area contributed by atoms with Crippen LogP contribution in [0.25, 0.3) is 10.8 Å². The molecule has 0 heterocycles. The molecule has 0 spiro atoms. The minimum Gasteiger partial charge on any atom is -0.496 e. The van der Waals surface area contributed by atoms with Gasteiger partial charge in [-0.05, 0) is 16.8 Å². The van der Waals surface area contributed by atoms with Crippen molar-refractivity contribution in [1.82, 2.24) is 5.32 Å². The predicted octanol–water partition coefficient (Wildman–Crippen LogP) is 2.02. The summed E-state index contributed by atoms with van der Waals surface area (Å²) in [7, 11) is 1.62. The molecule has 2 rings (SSSR count). The second-order valence-electron chi connectivity index (χ2n) is 3.96. The Kier molecular flexibility index (Phi) is 3.79. The highest BCUT2D eigenvalue weighted by Crippen LogP contribution is 2.27. The maximum Gasteiger partial charge on any atom is 0.317 e. The van der Waals surface area contributed by atoms with Crippen LogP contribution in [0.1, 0.15) is 5.56 Å². The van der Waals surface area contributed by atoms with Gasteiger partial charge in [0.15, 0.2) is 0 Å². The van der Waals surface area contributed by atoms with Crippen molar-refractivity contribution in [3.8, 4) is 5.75 Å². The van der Waals surface area contributed by atoms with E-state index in [0.29, 0.717) is 6.54 Å². The zero-order valence-corrected chi connectivity index (χ0v) is 10.1. The molecule has 0 atom stereocenters. The number of aliphatic carboxylic acids is 1. The molecule has 2 N–H and O–H groups in total. The van der Waals surface area contributed by atoms with E-state index in [0.717, 1.165) is 22.1 Å². The molecule has 2 aromatic rings. The summed E-state index contributed by atoms with van der Waals surface area (Å²) in [4.78, 5) is 10.5. The number of carbonyl (C=O) groups is 1. The van der Waals surface area contributed by atoms with E-state index in [4.69, 9.17) is 9.84 Å². The summed E-state index contributed by atoms with van der Waals surface area (Å²) in [6.45, 7) is 0.406. The molecule has 0 saturated heterocycles. The molecule has 18 heavy (non-hydrogen) atoms. The van der Waals surface area contributed by atoms with Gasteiger partial charge in [0.1, 0.15) is 5.75 Å². The third-order valence-corrected chi connectivity index (χ3v) is 2.80. The Balaban J connectivity index is 2.35. The minimum atomic E-state index is -0.866. The maximum absolute atomic E-state index is 10.5. The second-order valence-corrected chi connectivity index (χ2v) is 3.96. The van der Waals surface area contributed by atoms with Gasteiger partial charge in [-0.1, -0.05) is 30.3 Å². The first kappa shape index (κ1) is 12.4. The van der Waals surface area contributed by atoms with Crippen molar-refractivity contribution in [2.24, 2.45) is 0 Å². The van der Waals surface area contributed by atoms with E-state index >= 15 is 0 Å². The molecule has 0 unspecified atom stereocenters. The Morgan fingerprint density at radius 2 is 2.06 bits per heavy atom. The Hall–Kier alpha value is -2.07. The lowest BCUT2D eigenvalue weighted by Gasteiger charge is -2.12. The van der Waals surface area contributed by atoms with E-state index in [2.05, 4.69) is 5.32 Å². The number of hydrogen-bond donors (Lipinski definition) is 2. The molecular formula is C14H15NO3. The second kappa shape index (κ2) is 5.51. The quantitative estimate of drug-likeness (QED) is 0.846. The molecule has 0 aliphatic carbocycles. The van der Waals surface area contributed by atoms with Gasteiger partial charge in [0, 0.05) is 12.1 Å². The van der Waals surface area contributed by atoms with Gasteiger partial charge >= 0.3 is 5.97 Å². The number of fused-ring (bicyclic) bond motifs is 1. The van der Waals surface area contributed by atoms with Crippen LogP contribution in [0.5, 0.6) is 5.75 Å². The molecule has 0 amide bonds. The highest BCUT2D eigenvalue weighted by atomic mass is 16.5. The number of carboxylic acids is 1. The van der Waals surface area contributed by atoms with Crippen molar-refractivity contribution in [1.29, 1.82) is 0 Å². The summed E-state index contributed by atoms with van der Waals surface area (Å²) in [5.41, 5.74) is 0.983. The van der Waals surface area contributed by atoms with E-state index in [1.807, 2.05) is 36.4 Å². The number of rotatable bonds is 5. The predicted molar refractivity (Wildman–Crippen MR) is 69.8 cm³/mol. The lowest BCUT2D eigenvalue weighted by Crippen LogP contribution is -2.22. The Bertz CT molecular complexity index is 566. The van der Waals surface area contributed by atoms with Crippen LogP contribution in [0, 0.1) is 0 Å². The normalized spacial score (nSPS) is 10.5. The summed E-state index contributed by atoms with van der Waals surface area (Å²) >= 11 is 0. The Labute approximate surface area is 105 Å². The number of carboxylic acid groups (broad SMARTS) is 1. The molecule has 94 valence electrons. The van der Waals surface area contributed by atoms with Gasteiger partial charge in [-0.15, -0.1) is 0 Å². The molecule has 0 aromatic heterocycles. The number of hydrogen-bond acceptors (Lipinski definition) is 3. The van der Waals surface area contributed by atoms with Crippen LogP contribution in [-0.4, -0.2) is 24.7 Å². The zero-order chi connectivity index (χ0) is 13.0.